The van der Waals surface area contributed by atoms with Gasteiger partial charge < -0.3 is 4.90 Å². The van der Waals surface area contributed by atoms with Crippen LogP contribution in [0.3, 0.4) is 0 Å². The van der Waals surface area contributed by atoms with Gasteiger partial charge in [0.15, 0.2) is 0 Å². The number of amides is 1. The van der Waals surface area contributed by atoms with Gasteiger partial charge in [0.05, 0.1) is 18.4 Å². The van der Waals surface area contributed by atoms with Crippen LogP contribution in [0, 0.1) is 17.6 Å². The van der Waals surface area contributed by atoms with E-state index < -0.39 is 58.5 Å². The minimum atomic E-state index is -3.87. The van der Waals surface area contributed by atoms with Gasteiger partial charge in [0.25, 0.3) is 5.92 Å². The Morgan fingerprint density at radius 1 is 1.10 bits per heavy atom. The summed E-state index contributed by atoms with van der Waals surface area (Å²) in [7, 11) is -3.87. The summed E-state index contributed by atoms with van der Waals surface area (Å²) in [4.78, 5) is 13.8. The Morgan fingerprint density at radius 3 is 2.39 bits per heavy atom. The average molecular weight is 456 g/mol. The first-order chi connectivity index (χ1) is 14.5. The maximum absolute atomic E-state index is 14.3. The lowest BCUT2D eigenvalue weighted by atomic mass is 9.95. The minimum absolute atomic E-state index is 0.193. The van der Waals surface area contributed by atoms with Crippen LogP contribution < -0.4 is 4.72 Å². The van der Waals surface area contributed by atoms with E-state index in [0.717, 1.165) is 23.3 Å². The van der Waals surface area contributed by atoms with E-state index in [4.69, 9.17) is 0 Å². The predicted octanol–water partition coefficient (Wildman–Crippen LogP) is 3.13. The lowest BCUT2D eigenvalue weighted by molar-refractivity contribution is -0.133. The van der Waals surface area contributed by atoms with Crippen molar-refractivity contribution in [1.29, 1.82) is 0 Å². The number of hydrogen-bond acceptors (Lipinski definition) is 3. The first-order valence-electron chi connectivity index (χ1n) is 9.65. The van der Waals surface area contributed by atoms with Crippen LogP contribution in [-0.2, 0) is 14.8 Å². The number of sulfonamides is 1. The summed E-state index contributed by atoms with van der Waals surface area (Å²) in [5, 5.41) is 0. The van der Waals surface area contributed by atoms with Crippen molar-refractivity contribution in [1.82, 2.24) is 9.62 Å². The molecule has 10 heteroatoms. The summed E-state index contributed by atoms with van der Waals surface area (Å²) in [6.07, 6.45) is 1.14. The molecule has 2 fully saturated rings. The van der Waals surface area contributed by atoms with Crippen molar-refractivity contribution in [3.8, 4) is 11.1 Å². The second-order valence-corrected chi connectivity index (χ2v) is 9.84. The lowest BCUT2D eigenvalue weighted by Crippen LogP contribution is -2.46. The third-order valence-corrected chi connectivity index (χ3v) is 6.40. The van der Waals surface area contributed by atoms with E-state index in [1.165, 1.54) is 6.07 Å². The van der Waals surface area contributed by atoms with E-state index in [1.54, 1.807) is 24.3 Å². The van der Waals surface area contributed by atoms with Crippen LogP contribution in [0.4, 0.5) is 17.6 Å². The number of hydrogen-bond donors (Lipinski definition) is 1. The summed E-state index contributed by atoms with van der Waals surface area (Å²) >= 11 is 0. The molecule has 1 aliphatic carbocycles. The molecule has 1 heterocycles. The molecule has 1 saturated heterocycles. The zero-order chi connectivity index (χ0) is 22.6. The molecule has 0 radical (unpaired) electrons. The Morgan fingerprint density at radius 2 is 1.74 bits per heavy atom. The van der Waals surface area contributed by atoms with Gasteiger partial charge in [-0.25, -0.2) is 30.7 Å². The number of likely N-dealkylation sites (tertiary alicyclic amines) is 1. The quantitative estimate of drug-likeness (QED) is 0.704. The van der Waals surface area contributed by atoms with Gasteiger partial charge in [-0.2, -0.15) is 0 Å². The molecule has 1 N–H and O–H groups in total. The monoisotopic (exact) mass is 456 g/mol. The third kappa shape index (κ3) is 4.31. The average Bonchev–Trinajstić information content (AvgIpc) is 3.40. The molecule has 3 unspecified atom stereocenters. The fourth-order valence-corrected chi connectivity index (χ4v) is 4.95. The number of halogens is 4. The topological polar surface area (TPSA) is 66.5 Å². The van der Waals surface area contributed by atoms with Gasteiger partial charge in [-0.05, 0) is 35.6 Å². The van der Waals surface area contributed by atoms with Crippen LogP contribution in [0.25, 0.3) is 11.1 Å². The first-order valence-corrected chi connectivity index (χ1v) is 11.5. The largest absolute Gasteiger partial charge is 0.334 e. The fourth-order valence-electron chi connectivity index (χ4n) is 4.18. The first kappa shape index (κ1) is 21.8. The molecule has 0 bridgehead atoms. The molecule has 166 valence electrons. The maximum atomic E-state index is 14.3. The van der Waals surface area contributed by atoms with Gasteiger partial charge in [-0.3, -0.25) is 4.79 Å². The molecule has 1 aliphatic heterocycles. The van der Waals surface area contributed by atoms with E-state index in [0.29, 0.717) is 17.5 Å². The summed E-state index contributed by atoms with van der Waals surface area (Å²) in [6, 6.07) is 8.41. The van der Waals surface area contributed by atoms with E-state index in [1.807, 2.05) is 4.72 Å². The minimum Gasteiger partial charge on any atom is -0.334 e. The zero-order valence-electron chi connectivity index (χ0n) is 16.5. The van der Waals surface area contributed by atoms with Gasteiger partial charge in [-0.15, -0.1) is 0 Å². The zero-order valence-corrected chi connectivity index (χ0v) is 17.3. The molecule has 1 saturated carbocycles. The van der Waals surface area contributed by atoms with Gasteiger partial charge in [0.2, 0.25) is 15.9 Å². The smallest absolute Gasteiger partial charge is 0.283 e. The fraction of sp³-hybridized carbons (Fsp3) is 0.381. The SMILES string of the molecule is CS(=O)(=O)NC1CN(C(=O)C2CC2c2ccccc2-c2c(F)cccc2F)CC1(F)F. The number of nitrogens with one attached hydrogen (secondary N) is 1. The summed E-state index contributed by atoms with van der Waals surface area (Å²) in [5.41, 5.74) is 0.699. The normalized spacial score (nSPS) is 24.9. The van der Waals surface area contributed by atoms with E-state index in [9.17, 15) is 30.8 Å². The lowest BCUT2D eigenvalue weighted by Gasteiger charge is -2.16. The van der Waals surface area contributed by atoms with Crippen molar-refractivity contribution in [2.45, 2.75) is 24.3 Å². The number of carbonyl (C=O) groups is 1. The van der Waals surface area contributed by atoms with Crippen molar-refractivity contribution < 1.29 is 30.8 Å². The van der Waals surface area contributed by atoms with Crippen LogP contribution in [0.5, 0.6) is 0 Å². The molecule has 3 atom stereocenters. The molecule has 31 heavy (non-hydrogen) atoms. The third-order valence-electron chi connectivity index (χ3n) is 5.68. The number of nitrogens with zero attached hydrogens (tertiary/aromatic N) is 1. The maximum Gasteiger partial charge on any atom is 0.283 e. The Balaban J connectivity index is 1.55. The van der Waals surface area contributed by atoms with Crippen LogP contribution in [0.1, 0.15) is 17.9 Å². The van der Waals surface area contributed by atoms with Crippen LogP contribution >= 0.6 is 0 Å². The molecule has 2 aromatic rings. The Labute approximate surface area is 177 Å². The molecule has 0 aromatic heterocycles. The Hall–Kier alpha value is -2.46. The molecule has 2 aliphatic rings. The van der Waals surface area contributed by atoms with Crippen molar-refractivity contribution in [2.24, 2.45) is 5.92 Å². The second-order valence-electron chi connectivity index (χ2n) is 8.05. The molecule has 2 aromatic carbocycles. The highest BCUT2D eigenvalue weighted by atomic mass is 32.2. The van der Waals surface area contributed by atoms with E-state index >= 15 is 0 Å². The van der Waals surface area contributed by atoms with Crippen molar-refractivity contribution in [3.63, 3.8) is 0 Å². The van der Waals surface area contributed by atoms with Gasteiger partial charge in [0, 0.05) is 12.5 Å². The molecule has 4 rings (SSSR count). The summed E-state index contributed by atoms with van der Waals surface area (Å²) in [5.74, 6) is -6.35. The highest BCUT2D eigenvalue weighted by Gasteiger charge is 2.54. The number of benzene rings is 2. The Bertz CT molecular complexity index is 1120. The number of rotatable bonds is 5. The predicted molar refractivity (Wildman–Crippen MR) is 106 cm³/mol. The van der Waals surface area contributed by atoms with Crippen LogP contribution in [-0.4, -0.2) is 50.5 Å². The number of carbonyl (C=O) groups excluding carboxylic acids is 1. The molecule has 1 amide bonds. The van der Waals surface area contributed by atoms with Crippen molar-refractivity contribution in [3.05, 3.63) is 59.7 Å². The second kappa shape index (κ2) is 7.59. The van der Waals surface area contributed by atoms with Gasteiger partial charge in [-0.1, -0.05) is 30.3 Å². The van der Waals surface area contributed by atoms with Crippen molar-refractivity contribution >= 4 is 15.9 Å². The van der Waals surface area contributed by atoms with Crippen LogP contribution in [0.15, 0.2) is 42.5 Å². The molecule has 0 spiro atoms. The molecular weight excluding hydrogens is 436 g/mol. The van der Waals surface area contributed by atoms with Crippen molar-refractivity contribution in [2.75, 3.05) is 19.3 Å². The van der Waals surface area contributed by atoms with Gasteiger partial charge in [0.1, 0.15) is 17.7 Å². The standard InChI is InChI=1S/C21H20F4N2O3S/c1-31(29,30)26-18-10-27(11-21(18,24)25)20(28)15-9-14(15)12-5-2-3-6-13(12)19-16(22)7-4-8-17(19)23/h2-8,14-15,18,26H,9-11H2,1H3. The van der Waals surface area contributed by atoms with Gasteiger partial charge >= 0.3 is 0 Å². The summed E-state index contributed by atoms with van der Waals surface area (Å²) in [6.45, 7) is -1.32. The highest BCUT2D eigenvalue weighted by Crippen LogP contribution is 2.52. The van der Waals surface area contributed by atoms with E-state index in [2.05, 4.69) is 0 Å². The molecule has 5 nitrogen and oxygen atoms in total. The highest BCUT2D eigenvalue weighted by molar-refractivity contribution is 7.88. The van der Waals surface area contributed by atoms with Crippen LogP contribution in [0.2, 0.25) is 0 Å². The van der Waals surface area contributed by atoms with E-state index in [-0.39, 0.29) is 11.5 Å². The Kier molecular flexibility index (Phi) is 5.33. The molecular formula is C21H20F4N2O3S. The summed E-state index contributed by atoms with van der Waals surface area (Å²) < 4.78 is 81.7. The number of alkyl halides is 2.